The Balaban J connectivity index is 0.00000242. The summed E-state index contributed by atoms with van der Waals surface area (Å²) in [6, 6.07) is 5.61. The summed E-state index contributed by atoms with van der Waals surface area (Å²) in [6.45, 7) is 7.76. The monoisotopic (exact) mass is 328 g/mol. The van der Waals surface area contributed by atoms with Crippen LogP contribution in [0.4, 0.5) is 5.69 Å². The van der Waals surface area contributed by atoms with Gasteiger partial charge >= 0.3 is 0 Å². The zero-order chi connectivity index (χ0) is 15.6. The molecule has 1 aromatic rings. The Morgan fingerprint density at radius 3 is 2.64 bits per heavy atom. The van der Waals surface area contributed by atoms with E-state index in [9.17, 15) is 10.0 Å². The summed E-state index contributed by atoms with van der Waals surface area (Å²) in [5.41, 5.74) is 1.40. The molecule has 2 rings (SSSR count). The van der Waals surface area contributed by atoms with E-state index in [4.69, 9.17) is 4.74 Å². The number of anilines is 1. The molecule has 0 saturated heterocycles. The Kier molecular flexibility index (Phi) is 6.23. The van der Waals surface area contributed by atoms with Crippen molar-refractivity contribution in [3.63, 3.8) is 0 Å². The molecule has 5 nitrogen and oxygen atoms in total. The predicted octanol–water partition coefficient (Wildman–Crippen LogP) is 3.60. The van der Waals surface area contributed by atoms with Crippen molar-refractivity contribution in [2.75, 3.05) is 5.32 Å². The van der Waals surface area contributed by atoms with Crippen LogP contribution >= 0.6 is 12.4 Å². The third kappa shape index (κ3) is 4.12. The minimum Gasteiger partial charge on any atom is -0.473 e. The van der Waals surface area contributed by atoms with Crippen molar-refractivity contribution >= 4 is 24.0 Å². The number of rotatable bonds is 4. The van der Waals surface area contributed by atoms with Gasteiger partial charge in [0.15, 0.2) is 6.23 Å². The van der Waals surface area contributed by atoms with Crippen LogP contribution in [0.25, 0.3) is 0 Å². The van der Waals surface area contributed by atoms with Crippen LogP contribution in [0.3, 0.4) is 0 Å². The summed E-state index contributed by atoms with van der Waals surface area (Å²) in [5.74, 6) is 0.757. The Hall–Kier alpha value is -1.30. The van der Waals surface area contributed by atoms with E-state index in [-0.39, 0.29) is 18.3 Å². The van der Waals surface area contributed by atoms with E-state index in [1.165, 1.54) is 5.06 Å². The highest BCUT2D eigenvalue weighted by Gasteiger charge is 2.29. The molecule has 0 bridgehead atoms. The number of ether oxygens (including phenoxy) is 1. The van der Waals surface area contributed by atoms with Gasteiger partial charge in [0.25, 0.3) is 0 Å². The van der Waals surface area contributed by atoms with E-state index >= 15 is 0 Å². The molecule has 0 saturated carbocycles. The normalized spacial score (nSPS) is 15.6. The standard InChI is InChI=1S/C16H24N2O3.ClH/c1-5-15(18(20)16(2,3)4)21-13-8-6-7-12-11(13)9-10-14(19)17-12;/h6-8,15,20H,5,9-10H2,1-4H3,(H,17,19);1H. The van der Waals surface area contributed by atoms with Gasteiger partial charge in [-0.15, -0.1) is 17.5 Å². The second-order valence-corrected chi connectivity index (χ2v) is 6.33. The topological polar surface area (TPSA) is 61.8 Å². The molecule has 1 atom stereocenters. The average Bonchev–Trinajstić information content (AvgIpc) is 2.42. The van der Waals surface area contributed by atoms with E-state index in [2.05, 4.69) is 5.32 Å². The summed E-state index contributed by atoms with van der Waals surface area (Å²) < 4.78 is 6.01. The molecule has 0 spiro atoms. The number of benzene rings is 1. The minimum absolute atomic E-state index is 0. The first-order valence-electron chi connectivity index (χ1n) is 7.39. The molecular weight excluding hydrogens is 304 g/mol. The van der Waals surface area contributed by atoms with Crippen LogP contribution in [0.2, 0.25) is 0 Å². The fraction of sp³-hybridized carbons (Fsp3) is 0.562. The van der Waals surface area contributed by atoms with Crippen LogP contribution in [0.5, 0.6) is 5.75 Å². The number of hydroxylamine groups is 2. The molecule has 0 fully saturated rings. The molecule has 0 radical (unpaired) electrons. The van der Waals surface area contributed by atoms with Crippen LogP contribution in [0, 0.1) is 0 Å². The number of amides is 1. The summed E-state index contributed by atoms with van der Waals surface area (Å²) in [4.78, 5) is 11.5. The van der Waals surface area contributed by atoms with Crippen LogP contribution in [0.15, 0.2) is 18.2 Å². The molecule has 0 aliphatic carbocycles. The molecular formula is C16H25ClN2O3. The first-order valence-corrected chi connectivity index (χ1v) is 7.39. The lowest BCUT2D eigenvalue weighted by atomic mass is 10.0. The van der Waals surface area contributed by atoms with Gasteiger partial charge < -0.3 is 15.3 Å². The number of hydrogen-bond donors (Lipinski definition) is 2. The zero-order valence-electron chi connectivity index (χ0n) is 13.5. The third-order valence-corrected chi connectivity index (χ3v) is 3.58. The first-order chi connectivity index (χ1) is 9.82. The lowest BCUT2D eigenvalue weighted by molar-refractivity contribution is -0.235. The molecule has 2 N–H and O–H groups in total. The van der Waals surface area contributed by atoms with Gasteiger partial charge in [0.05, 0.1) is 0 Å². The number of hydrogen-bond acceptors (Lipinski definition) is 4. The van der Waals surface area contributed by atoms with Gasteiger partial charge in [-0.05, 0) is 45.7 Å². The number of carbonyl (C=O) groups is 1. The second kappa shape index (κ2) is 7.31. The Morgan fingerprint density at radius 2 is 2.05 bits per heavy atom. The van der Waals surface area contributed by atoms with Crippen molar-refractivity contribution in [3.05, 3.63) is 23.8 Å². The van der Waals surface area contributed by atoms with Crippen molar-refractivity contribution in [1.82, 2.24) is 5.06 Å². The number of halogens is 1. The molecule has 1 aliphatic heterocycles. The fourth-order valence-electron chi connectivity index (χ4n) is 2.39. The van der Waals surface area contributed by atoms with Gasteiger partial charge in [-0.1, -0.05) is 13.0 Å². The molecule has 1 amide bonds. The lowest BCUT2D eigenvalue weighted by Gasteiger charge is -2.36. The average molecular weight is 329 g/mol. The largest absolute Gasteiger partial charge is 0.473 e. The zero-order valence-corrected chi connectivity index (χ0v) is 14.4. The van der Waals surface area contributed by atoms with E-state index in [0.29, 0.717) is 19.3 Å². The Morgan fingerprint density at radius 1 is 1.36 bits per heavy atom. The third-order valence-electron chi connectivity index (χ3n) is 3.58. The van der Waals surface area contributed by atoms with E-state index in [1.807, 2.05) is 45.9 Å². The van der Waals surface area contributed by atoms with Gasteiger partial charge in [0.1, 0.15) is 5.75 Å². The van der Waals surface area contributed by atoms with Crippen LogP contribution in [-0.4, -0.2) is 27.9 Å². The molecule has 1 heterocycles. The van der Waals surface area contributed by atoms with E-state index < -0.39 is 11.8 Å². The van der Waals surface area contributed by atoms with Gasteiger partial charge in [0.2, 0.25) is 5.91 Å². The van der Waals surface area contributed by atoms with Crippen LogP contribution in [-0.2, 0) is 11.2 Å². The van der Waals surface area contributed by atoms with E-state index in [0.717, 1.165) is 17.0 Å². The van der Waals surface area contributed by atoms with Gasteiger partial charge in [0, 0.05) is 23.2 Å². The van der Waals surface area contributed by atoms with Crippen molar-refractivity contribution in [2.45, 2.75) is 58.7 Å². The Labute approximate surface area is 138 Å². The highest BCUT2D eigenvalue weighted by molar-refractivity contribution is 5.94. The molecule has 6 heteroatoms. The molecule has 0 aromatic heterocycles. The van der Waals surface area contributed by atoms with Crippen LogP contribution in [0.1, 0.15) is 46.1 Å². The van der Waals surface area contributed by atoms with Gasteiger partial charge in [-0.25, -0.2) is 0 Å². The first kappa shape index (κ1) is 18.7. The maximum absolute atomic E-state index is 11.5. The quantitative estimate of drug-likeness (QED) is 0.655. The van der Waals surface area contributed by atoms with Gasteiger partial charge in [-0.3, -0.25) is 4.79 Å². The second-order valence-electron chi connectivity index (χ2n) is 6.33. The summed E-state index contributed by atoms with van der Waals surface area (Å²) in [7, 11) is 0. The predicted molar refractivity (Wildman–Crippen MR) is 88.7 cm³/mol. The molecule has 1 aliphatic rings. The molecule has 22 heavy (non-hydrogen) atoms. The molecule has 1 aromatic carbocycles. The van der Waals surface area contributed by atoms with E-state index in [1.54, 1.807) is 0 Å². The molecule has 1 unspecified atom stereocenters. The number of nitrogens with one attached hydrogen (secondary N) is 1. The van der Waals surface area contributed by atoms with Crippen molar-refractivity contribution in [1.29, 1.82) is 0 Å². The van der Waals surface area contributed by atoms with Crippen molar-refractivity contribution in [3.8, 4) is 5.75 Å². The SMILES string of the molecule is CCC(Oc1cccc2c1CCC(=O)N2)N(O)C(C)(C)C.Cl. The fourth-order valence-corrected chi connectivity index (χ4v) is 2.39. The maximum Gasteiger partial charge on any atom is 0.224 e. The minimum atomic E-state index is -0.422. The van der Waals surface area contributed by atoms with Crippen LogP contribution < -0.4 is 10.1 Å². The Bertz CT molecular complexity index is 529. The summed E-state index contributed by atoms with van der Waals surface area (Å²) in [5, 5.41) is 14.4. The molecule has 124 valence electrons. The number of carbonyl (C=O) groups excluding carboxylic acids is 1. The highest BCUT2D eigenvalue weighted by atomic mass is 35.5. The smallest absolute Gasteiger partial charge is 0.224 e. The van der Waals surface area contributed by atoms with Gasteiger partial charge in [-0.2, -0.15) is 0 Å². The summed E-state index contributed by atoms with van der Waals surface area (Å²) in [6.07, 6.45) is 1.36. The maximum atomic E-state index is 11.5. The van der Waals surface area contributed by atoms with Crippen molar-refractivity contribution < 1.29 is 14.7 Å². The highest BCUT2D eigenvalue weighted by Crippen LogP contribution is 2.32. The lowest BCUT2D eigenvalue weighted by Crippen LogP contribution is -2.48. The summed E-state index contributed by atoms with van der Waals surface area (Å²) >= 11 is 0. The number of nitrogens with zero attached hydrogens (tertiary/aromatic N) is 1. The van der Waals surface area contributed by atoms with Crippen molar-refractivity contribution in [2.24, 2.45) is 0 Å². The number of fused-ring (bicyclic) bond motifs is 1.